The lowest BCUT2D eigenvalue weighted by molar-refractivity contribution is -0.127. The largest absolute Gasteiger partial charge is 0.481 e. The number of amides is 1. The smallest absolute Gasteiger partial charge is 0.260 e. The van der Waals surface area contributed by atoms with E-state index < -0.39 is 6.10 Å². The van der Waals surface area contributed by atoms with Crippen LogP contribution < -0.4 is 10.1 Å². The molecule has 1 aliphatic rings. The number of hydrogen-bond donors (Lipinski definition) is 1. The van der Waals surface area contributed by atoms with Crippen LogP contribution >= 0.6 is 27.5 Å². The van der Waals surface area contributed by atoms with Crippen molar-refractivity contribution in [2.45, 2.75) is 19.1 Å². The van der Waals surface area contributed by atoms with Crippen molar-refractivity contribution in [3.05, 3.63) is 63.6 Å². The zero-order valence-corrected chi connectivity index (χ0v) is 18.1. The molecular weight excluding hydrogens is 444 g/mol. The van der Waals surface area contributed by atoms with E-state index in [-0.39, 0.29) is 11.9 Å². The number of nitrogens with one attached hydrogen (secondary N) is 1. The molecule has 0 spiro atoms. The molecule has 1 N–H and O–H groups in total. The fraction of sp³-hybridized carbons (Fsp3) is 0.381. The maximum atomic E-state index is 12.6. The van der Waals surface area contributed by atoms with Crippen LogP contribution in [0, 0.1) is 0 Å². The van der Waals surface area contributed by atoms with Crippen molar-refractivity contribution >= 4 is 33.4 Å². The zero-order valence-electron chi connectivity index (χ0n) is 15.7. The van der Waals surface area contributed by atoms with Gasteiger partial charge in [0.2, 0.25) is 0 Å². The van der Waals surface area contributed by atoms with Gasteiger partial charge in [0.05, 0.1) is 19.3 Å². The topological polar surface area (TPSA) is 50.8 Å². The molecule has 5 nitrogen and oxygen atoms in total. The normalized spacial score (nSPS) is 17.0. The Morgan fingerprint density at radius 1 is 1.18 bits per heavy atom. The molecule has 28 heavy (non-hydrogen) atoms. The minimum Gasteiger partial charge on any atom is -0.481 e. The van der Waals surface area contributed by atoms with E-state index in [1.807, 2.05) is 48.5 Å². The van der Waals surface area contributed by atoms with Gasteiger partial charge in [-0.3, -0.25) is 9.69 Å². The van der Waals surface area contributed by atoms with Gasteiger partial charge in [0.25, 0.3) is 5.91 Å². The number of rotatable bonds is 7. The van der Waals surface area contributed by atoms with Gasteiger partial charge in [0.1, 0.15) is 5.75 Å². The van der Waals surface area contributed by atoms with Crippen LogP contribution in [0.3, 0.4) is 0 Å². The summed E-state index contributed by atoms with van der Waals surface area (Å²) in [4.78, 5) is 14.9. The Labute approximate surface area is 179 Å². The van der Waals surface area contributed by atoms with Crippen molar-refractivity contribution in [2.24, 2.45) is 0 Å². The highest BCUT2D eigenvalue weighted by Gasteiger charge is 2.24. The molecule has 2 aromatic carbocycles. The predicted octanol–water partition coefficient (Wildman–Crippen LogP) is 4.06. The molecule has 0 radical (unpaired) electrons. The van der Waals surface area contributed by atoms with Gasteiger partial charge in [-0.15, -0.1) is 0 Å². The van der Waals surface area contributed by atoms with E-state index in [4.69, 9.17) is 21.1 Å². The molecule has 1 heterocycles. The second kappa shape index (κ2) is 10.3. The Morgan fingerprint density at radius 2 is 1.82 bits per heavy atom. The number of ether oxygens (including phenoxy) is 2. The van der Waals surface area contributed by atoms with E-state index >= 15 is 0 Å². The lowest BCUT2D eigenvalue weighted by atomic mass is 10.0. The minimum atomic E-state index is -0.586. The van der Waals surface area contributed by atoms with Gasteiger partial charge in [-0.25, -0.2) is 0 Å². The first-order valence-electron chi connectivity index (χ1n) is 9.30. The maximum absolute atomic E-state index is 12.6. The van der Waals surface area contributed by atoms with Crippen molar-refractivity contribution in [3.8, 4) is 5.75 Å². The highest BCUT2D eigenvalue weighted by Crippen LogP contribution is 2.23. The number of nitrogens with zero attached hydrogens (tertiary/aromatic N) is 1. The number of benzene rings is 2. The second-order valence-electron chi connectivity index (χ2n) is 6.67. The first-order valence-corrected chi connectivity index (χ1v) is 10.5. The Bertz CT molecular complexity index is 764. The van der Waals surface area contributed by atoms with Crippen molar-refractivity contribution < 1.29 is 14.3 Å². The summed E-state index contributed by atoms with van der Waals surface area (Å²) in [6, 6.07) is 15.3. The van der Waals surface area contributed by atoms with Crippen LogP contribution in [0.2, 0.25) is 5.02 Å². The van der Waals surface area contributed by atoms with E-state index in [0.717, 1.165) is 23.1 Å². The minimum absolute atomic E-state index is 0.0602. The fourth-order valence-electron chi connectivity index (χ4n) is 3.14. The molecule has 150 valence electrons. The number of carbonyl (C=O) groups is 1. The molecule has 0 bridgehead atoms. The third-order valence-corrected chi connectivity index (χ3v) is 5.49. The van der Waals surface area contributed by atoms with Crippen LogP contribution in [0.5, 0.6) is 5.75 Å². The summed E-state index contributed by atoms with van der Waals surface area (Å²) in [6.45, 7) is 5.29. The first-order chi connectivity index (χ1) is 13.5. The van der Waals surface area contributed by atoms with Crippen molar-refractivity contribution in [3.63, 3.8) is 0 Å². The third-order valence-electron chi connectivity index (χ3n) is 4.71. The molecule has 0 saturated carbocycles. The van der Waals surface area contributed by atoms with Gasteiger partial charge >= 0.3 is 0 Å². The zero-order chi connectivity index (χ0) is 19.9. The summed E-state index contributed by atoms with van der Waals surface area (Å²) in [7, 11) is 0. The second-order valence-corrected chi connectivity index (χ2v) is 8.03. The van der Waals surface area contributed by atoms with Gasteiger partial charge in [0.15, 0.2) is 6.10 Å². The molecule has 2 atom stereocenters. The van der Waals surface area contributed by atoms with Gasteiger partial charge in [-0.2, -0.15) is 0 Å². The summed E-state index contributed by atoms with van der Waals surface area (Å²) in [6.07, 6.45) is -0.586. The molecular formula is C21H24BrClN2O3. The Hall–Kier alpha value is -1.60. The van der Waals surface area contributed by atoms with Crippen LogP contribution in [0.15, 0.2) is 53.0 Å². The third kappa shape index (κ3) is 5.95. The van der Waals surface area contributed by atoms with E-state index in [2.05, 4.69) is 26.1 Å². The van der Waals surface area contributed by atoms with E-state index in [1.54, 1.807) is 6.92 Å². The molecule has 1 fully saturated rings. The maximum Gasteiger partial charge on any atom is 0.260 e. The number of halogens is 2. The molecule has 7 heteroatoms. The Morgan fingerprint density at radius 3 is 2.46 bits per heavy atom. The average molecular weight is 468 g/mol. The molecule has 2 aromatic rings. The summed E-state index contributed by atoms with van der Waals surface area (Å²) in [5.74, 6) is 0.517. The van der Waals surface area contributed by atoms with Gasteiger partial charge in [0, 0.05) is 29.1 Å². The summed E-state index contributed by atoms with van der Waals surface area (Å²) in [5, 5.41) is 3.73. The fourth-order valence-corrected chi connectivity index (χ4v) is 3.53. The number of carbonyl (C=O) groups excluding carboxylic acids is 1. The quantitative estimate of drug-likeness (QED) is 0.667. The number of hydrogen-bond acceptors (Lipinski definition) is 4. The molecule has 1 saturated heterocycles. The van der Waals surface area contributed by atoms with Crippen LogP contribution in [0.4, 0.5) is 0 Å². The standard InChI is InChI=1S/C21H24BrClN2O3/c1-15(28-19-8-4-17(22)5-9-19)21(26)24-14-20(25-10-12-27-13-11-25)16-2-6-18(23)7-3-16/h2-9,15,20H,10-14H2,1H3,(H,24,26). The molecule has 0 aliphatic carbocycles. The highest BCUT2D eigenvalue weighted by atomic mass is 79.9. The number of morpholine rings is 1. The molecule has 3 rings (SSSR count). The van der Waals surface area contributed by atoms with Gasteiger partial charge in [-0.1, -0.05) is 39.7 Å². The van der Waals surface area contributed by atoms with E-state index in [9.17, 15) is 4.79 Å². The Balaban J connectivity index is 1.62. The van der Waals surface area contributed by atoms with Crippen LogP contribution in [-0.4, -0.2) is 49.8 Å². The van der Waals surface area contributed by atoms with E-state index in [0.29, 0.717) is 30.5 Å². The monoisotopic (exact) mass is 466 g/mol. The summed E-state index contributed by atoms with van der Waals surface area (Å²) < 4.78 is 12.2. The van der Waals surface area contributed by atoms with Crippen LogP contribution in [0.25, 0.3) is 0 Å². The summed E-state index contributed by atoms with van der Waals surface area (Å²) >= 11 is 9.42. The molecule has 1 amide bonds. The first kappa shape index (κ1) is 21.1. The average Bonchev–Trinajstić information content (AvgIpc) is 2.71. The van der Waals surface area contributed by atoms with Crippen LogP contribution in [0.1, 0.15) is 18.5 Å². The molecule has 0 aromatic heterocycles. The lowest BCUT2D eigenvalue weighted by Gasteiger charge is -2.35. The van der Waals surface area contributed by atoms with E-state index in [1.165, 1.54) is 0 Å². The highest BCUT2D eigenvalue weighted by molar-refractivity contribution is 9.10. The van der Waals surface area contributed by atoms with Crippen molar-refractivity contribution in [1.82, 2.24) is 10.2 Å². The van der Waals surface area contributed by atoms with Crippen LogP contribution in [-0.2, 0) is 9.53 Å². The van der Waals surface area contributed by atoms with Crippen molar-refractivity contribution in [2.75, 3.05) is 32.8 Å². The Kier molecular flexibility index (Phi) is 7.73. The van der Waals surface area contributed by atoms with Crippen molar-refractivity contribution in [1.29, 1.82) is 0 Å². The summed E-state index contributed by atoms with van der Waals surface area (Å²) in [5.41, 5.74) is 1.12. The SMILES string of the molecule is CC(Oc1ccc(Br)cc1)C(=O)NCC(c1ccc(Cl)cc1)N1CCOCC1. The van der Waals surface area contributed by atoms with Gasteiger partial charge in [-0.05, 0) is 48.9 Å². The van der Waals surface area contributed by atoms with Gasteiger partial charge < -0.3 is 14.8 Å². The molecule has 2 unspecified atom stereocenters. The molecule has 1 aliphatic heterocycles. The lowest BCUT2D eigenvalue weighted by Crippen LogP contribution is -2.45. The predicted molar refractivity (Wildman–Crippen MR) is 114 cm³/mol.